The van der Waals surface area contributed by atoms with Crippen LogP contribution >= 0.6 is 0 Å². The SMILES string of the molecule is NCC(C1CCCNC1)N1CCCCC1. The molecule has 0 amide bonds. The molecule has 2 aliphatic rings. The van der Waals surface area contributed by atoms with E-state index in [2.05, 4.69) is 10.2 Å². The topological polar surface area (TPSA) is 41.3 Å². The van der Waals surface area contributed by atoms with Crippen molar-refractivity contribution in [3.63, 3.8) is 0 Å². The normalized spacial score (nSPS) is 31.4. The zero-order valence-electron chi connectivity index (χ0n) is 9.75. The smallest absolute Gasteiger partial charge is 0.0258 e. The van der Waals surface area contributed by atoms with E-state index in [1.54, 1.807) is 0 Å². The highest BCUT2D eigenvalue weighted by molar-refractivity contribution is 4.85. The summed E-state index contributed by atoms with van der Waals surface area (Å²) in [6.45, 7) is 5.77. The minimum atomic E-state index is 0.637. The number of nitrogens with zero attached hydrogens (tertiary/aromatic N) is 1. The van der Waals surface area contributed by atoms with Crippen LogP contribution in [0.1, 0.15) is 32.1 Å². The first-order valence-electron chi connectivity index (χ1n) is 6.56. The van der Waals surface area contributed by atoms with Crippen molar-refractivity contribution in [1.82, 2.24) is 10.2 Å². The second-order valence-electron chi connectivity index (χ2n) is 5.01. The molecule has 0 bridgehead atoms. The van der Waals surface area contributed by atoms with Crippen LogP contribution in [0.2, 0.25) is 0 Å². The summed E-state index contributed by atoms with van der Waals surface area (Å²) < 4.78 is 0. The largest absolute Gasteiger partial charge is 0.329 e. The van der Waals surface area contributed by atoms with Crippen molar-refractivity contribution in [2.24, 2.45) is 11.7 Å². The fraction of sp³-hybridized carbons (Fsp3) is 1.00. The molecule has 2 heterocycles. The molecule has 3 N–H and O–H groups in total. The summed E-state index contributed by atoms with van der Waals surface area (Å²) in [5.41, 5.74) is 5.97. The monoisotopic (exact) mass is 211 g/mol. The first kappa shape index (κ1) is 11.4. The van der Waals surface area contributed by atoms with Gasteiger partial charge in [-0.25, -0.2) is 0 Å². The van der Waals surface area contributed by atoms with Gasteiger partial charge in [0.2, 0.25) is 0 Å². The van der Waals surface area contributed by atoms with E-state index < -0.39 is 0 Å². The Balaban J connectivity index is 1.88. The first-order valence-corrected chi connectivity index (χ1v) is 6.56. The van der Waals surface area contributed by atoms with Gasteiger partial charge in [-0.05, 0) is 57.8 Å². The summed E-state index contributed by atoms with van der Waals surface area (Å²) in [7, 11) is 0. The van der Waals surface area contributed by atoms with Crippen LogP contribution in [0, 0.1) is 5.92 Å². The fourth-order valence-corrected chi connectivity index (χ4v) is 3.10. The lowest BCUT2D eigenvalue weighted by Gasteiger charge is -2.40. The van der Waals surface area contributed by atoms with Crippen LogP contribution < -0.4 is 11.1 Å². The van der Waals surface area contributed by atoms with E-state index in [9.17, 15) is 0 Å². The molecule has 0 spiro atoms. The predicted molar refractivity (Wildman–Crippen MR) is 63.9 cm³/mol. The van der Waals surface area contributed by atoms with Gasteiger partial charge in [0.15, 0.2) is 0 Å². The Morgan fingerprint density at radius 3 is 2.60 bits per heavy atom. The number of nitrogens with two attached hydrogens (primary N) is 1. The van der Waals surface area contributed by atoms with Crippen molar-refractivity contribution in [2.45, 2.75) is 38.1 Å². The highest BCUT2D eigenvalue weighted by Gasteiger charge is 2.28. The molecule has 2 fully saturated rings. The summed E-state index contributed by atoms with van der Waals surface area (Å²) in [4.78, 5) is 2.64. The Morgan fingerprint density at radius 1 is 1.20 bits per heavy atom. The summed E-state index contributed by atoms with van der Waals surface area (Å²) in [5, 5.41) is 3.51. The lowest BCUT2D eigenvalue weighted by atomic mass is 9.89. The third kappa shape index (κ3) is 2.92. The van der Waals surface area contributed by atoms with Gasteiger partial charge in [0.25, 0.3) is 0 Å². The number of piperidine rings is 2. The maximum absolute atomic E-state index is 5.97. The predicted octanol–water partition coefficient (Wildman–Crippen LogP) is 0.799. The van der Waals surface area contributed by atoms with Crippen LogP contribution in [0.25, 0.3) is 0 Å². The Kier molecular flexibility index (Phi) is 4.42. The second-order valence-corrected chi connectivity index (χ2v) is 5.01. The van der Waals surface area contributed by atoms with Crippen LogP contribution in [-0.4, -0.2) is 43.7 Å². The third-order valence-electron chi connectivity index (χ3n) is 3.98. The van der Waals surface area contributed by atoms with E-state index in [4.69, 9.17) is 5.73 Å². The lowest BCUT2D eigenvalue weighted by molar-refractivity contribution is 0.108. The van der Waals surface area contributed by atoms with Gasteiger partial charge in [0.05, 0.1) is 0 Å². The van der Waals surface area contributed by atoms with Gasteiger partial charge in [-0.3, -0.25) is 4.90 Å². The van der Waals surface area contributed by atoms with E-state index in [1.165, 1.54) is 58.3 Å². The number of likely N-dealkylation sites (tertiary alicyclic amines) is 1. The summed E-state index contributed by atoms with van der Waals surface area (Å²) in [6.07, 6.45) is 6.85. The van der Waals surface area contributed by atoms with Gasteiger partial charge in [-0.2, -0.15) is 0 Å². The van der Waals surface area contributed by atoms with Crippen LogP contribution in [-0.2, 0) is 0 Å². The average Bonchev–Trinajstić information content (AvgIpc) is 2.33. The maximum atomic E-state index is 5.97. The minimum Gasteiger partial charge on any atom is -0.329 e. The van der Waals surface area contributed by atoms with Gasteiger partial charge in [0.1, 0.15) is 0 Å². The van der Waals surface area contributed by atoms with Gasteiger partial charge in [-0.15, -0.1) is 0 Å². The van der Waals surface area contributed by atoms with Crippen LogP contribution in [0.15, 0.2) is 0 Å². The quantitative estimate of drug-likeness (QED) is 0.725. The van der Waals surface area contributed by atoms with Crippen LogP contribution in [0.5, 0.6) is 0 Å². The van der Waals surface area contributed by atoms with Crippen molar-refractivity contribution in [1.29, 1.82) is 0 Å². The van der Waals surface area contributed by atoms with E-state index in [0.29, 0.717) is 6.04 Å². The molecule has 3 heteroatoms. The molecule has 2 aliphatic heterocycles. The van der Waals surface area contributed by atoms with Crippen molar-refractivity contribution < 1.29 is 0 Å². The molecule has 0 radical (unpaired) electrons. The number of hydrogen-bond donors (Lipinski definition) is 2. The number of nitrogens with one attached hydrogen (secondary N) is 1. The molecule has 0 saturated carbocycles. The molecule has 0 aromatic heterocycles. The highest BCUT2D eigenvalue weighted by atomic mass is 15.2. The molecular formula is C12H25N3. The Morgan fingerprint density at radius 2 is 2.00 bits per heavy atom. The summed E-state index contributed by atoms with van der Waals surface area (Å²) in [6, 6.07) is 0.637. The molecule has 0 aromatic rings. The molecule has 2 saturated heterocycles. The first-order chi connectivity index (χ1) is 7.42. The van der Waals surface area contributed by atoms with Crippen LogP contribution in [0.4, 0.5) is 0 Å². The molecule has 3 nitrogen and oxygen atoms in total. The van der Waals surface area contributed by atoms with Gasteiger partial charge >= 0.3 is 0 Å². The zero-order chi connectivity index (χ0) is 10.5. The van der Waals surface area contributed by atoms with Crippen molar-refractivity contribution >= 4 is 0 Å². The maximum Gasteiger partial charge on any atom is 0.0258 e. The summed E-state index contributed by atoms with van der Waals surface area (Å²) in [5.74, 6) is 0.793. The molecule has 2 atom stereocenters. The van der Waals surface area contributed by atoms with Gasteiger partial charge in [0, 0.05) is 12.6 Å². The van der Waals surface area contributed by atoms with E-state index in [-0.39, 0.29) is 0 Å². The molecule has 2 rings (SSSR count). The Labute approximate surface area is 93.4 Å². The lowest BCUT2D eigenvalue weighted by Crippen LogP contribution is -2.51. The molecule has 0 aromatic carbocycles. The minimum absolute atomic E-state index is 0.637. The highest BCUT2D eigenvalue weighted by Crippen LogP contribution is 2.21. The second kappa shape index (κ2) is 5.83. The average molecular weight is 211 g/mol. The van der Waals surface area contributed by atoms with E-state index >= 15 is 0 Å². The van der Waals surface area contributed by atoms with Crippen molar-refractivity contribution in [3.8, 4) is 0 Å². The van der Waals surface area contributed by atoms with Crippen molar-refractivity contribution in [3.05, 3.63) is 0 Å². The third-order valence-corrected chi connectivity index (χ3v) is 3.98. The van der Waals surface area contributed by atoms with Gasteiger partial charge in [-0.1, -0.05) is 6.42 Å². The Bertz CT molecular complexity index is 154. The molecular weight excluding hydrogens is 186 g/mol. The van der Waals surface area contributed by atoms with E-state index in [0.717, 1.165) is 12.5 Å². The van der Waals surface area contributed by atoms with E-state index in [1.807, 2.05) is 0 Å². The number of hydrogen-bond acceptors (Lipinski definition) is 3. The standard InChI is InChI=1S/C12H25N3/c13-9-12(11-5-4-6-14-10-11)15-7-2-1-3-8-15/h11-12,14H,1-10,13H2. The number of rotatable bonds is 3. The molecule has 2 unspecified atom stereocenters. The zero-order valence-corrected chi connectivity index (χ0v) is 9.75. The summed E-state index contributed by atoms with van der Waals surface area (Å²) >= 11 is 0. The molecule has 0 aliphatic carbocycles. The molecule has 15 heavy (non-hydrogen) atoms. The van der Waals surface area contributed by atoms with Gasteiger partial charge < -0.3 is 11.1 Å². The van der Waals surface area contributed by atoms with Crippen molar-refractivity contribution in [2.75, 3.05) is 32.7 Å². The van der Waals surface area contributed by atoms with Crippen LogP contribution in [0.3, 0.4) is 0 Å². The Hall–Kier alpha value is -0.120. The molecule has 88 valence electrons. The fourth-order valence-electron chi connectivity index (χ4n) is 3.10.